The predicted octanol–water partition coefficient (Wildman–Crippen LogP) is 3.34. The Morgan fingerprint density at radius 3 is 2.96 bits per heavy atom. The highest BCUT2D eigenvalue weighted by molar-refractivity contribution is 6.30. The predicted molar refractivity (Wildman–Crippen MR) is 88.5 cm³/mol. The van der Waals surface area contributed by atoms with E-state index >= 15 is 0 Å². The van der Waals surface area contributed by atoms with Gasteiger partial charge in [-0.05, 0) is 30.2 Å². The summed E-state index contributed by atoms with van der Waals surface area (Å²) in [5.41, 5.74) is 2.44. The van der Waals surface area contributed by atoms with Crippen LogP contribution in [0.1, 0.15) is 47.6 Å². The zero-order chi connectivity index (χ0) is 16.2. The van der Waals surface area contributed by atoms with Crippen LogP contribution in [-0.2, 0) is 17.9 Å². The number of nitrogens with zero attached hydrogens (tertiary/aromatic N) is 2. The van der Waals surface area contributed by atoms with Crippen LogP contribution in [0.4, 0.5) is 0 Å². The molecule has 3 rings (SSSR count). The molecule has 5 nitrogen and oxygen atoms in total. The maximum absolute atomic E-state index is 12.1. The summed E-state index contributed by atoms with van der Waals surface area (Å²) in [5.74, 6) is -0.122. The fraction of sp³-hybridized carbons (Fsp3) is 0.412. The zero-order valence-electron chi connectivity index (χ0n) is 13.1. The summed E-state index contributed by atoms with van der Waals surface area (Å²) in [5, 5.41) is 8.01. The van der Waals surface area contributed by atoms with Crippen LogP contribution in [0.3, 0.4) is 0 Å². The molecule has 2 aromatic rings. The lowest BCUT2D eigenvalue weighted by Gasteiger charge is -2.24. The molecule has 122 valence electrons. The van der Waals surface area contributed by atoms with E-state index in [0.717, 1.165) is 24.1 Å². The number of hydrogen-bond acceptors (Lipinski definition) is 3. The monoisotopic (exact) mass is 333 g/mol. The van der Waals surface area contributed by atoms with Gasteiger partial charge in [0.25, 0.3) is 5.91 Å². The third-order valence-electron chi connectivity index (χ3n) is 3.92. The van der Waals surface area contributed by atoms with Gasteiger partial charge in [-0.2, -0.15) is 5.10 Å². The minimum absolute atomic E-state index is 0.0735. The summed E-state index contributed by atoms with van der Waals surface area (Å²) in [4.78, 5) is 12.1. The molecule has 1 aromatic carbocycles. The van der Waals surface area contributed by atoms with E-state index in [0.29, 0.717) is 30.4 Å². The van der Waals surface area contributed by atoms with Crippen molar-refractivity contribution in [1.82, 2.24) is 15.1 Å². The molecule has 23 heavy (non-hydrogen) atoms. The maximum atomic E-state index is 12.1. The SMILES string of the molecule is CCCCNC(=O)c1cc2n(n1)CC(c1ccc(Cl)cc1)OC2. The minimum Gasteiger partial charge on any atom is -0.365 e. The van der Waals surface area contributed by atoms with Crippen molar-refractivity contribution in [2.24, 2.45) is 0 Å². The van der Waals surface area contributed by atoms with E-state index in [4.69, 9.17) is 16.3 Å². The number of halogens is 1. The quantitative estimate of drug-likeness (QED) is 0.854. The maximum Gasteiger partial charge on any atom is 0.271 e. The number of amides is 1. The van der Waals surface area contributed by atoms with Gasteiger partial charge in [-0.3, -0.25) is 9.48 Å². The third kappa shape index (κ3) is 3.74. The molecule has 1 aliphatic heterocycles. The van der Waals surface area contributed by atoms with Crippen molar-refractivity contribution in [3.05, 3.63) is 52.3 Å². The van der Waals surface area contributed by atoms with E-state index in [1.165, 1.54) is 0 Å². The Hall–Kier alpha value is -1.85. The van der Waals surface area contributed by atoms with Crippen molar-refractivity contribution in [3.63, 3.8) is 0 Å². The molecular formula is C17H20ClN3O2. The van der Waals surface area contributed by atoms with Crippen LogP contribution >= 0.6 is 11.6 Å². The van der Waals surface area contributed by atoms with Crippen LogP contribution in [0.15, 0.2) is 30.3 Å². The van der Waals surface area contributed by atoms with Crippen LogP contribution in [0.25, 0.3) is 0 Å². The number of carbonyl (C=O) groups is 1. The van der Waals surface area contributed by atoms with E-state index in [9.17, 15) is 4.79 Å². The van der Waals surface area contributed by atoms with Crippen molar-refractivity contribution >= 4 is 17.5 Å². The van der Waals surface area contributed by atoms with Gasteiger partial charge in [-0.25, -0.2) is 0 Å². The Bertz CT molecular complexity index is 682. The Labute approximate surface area is 140 Å². The highest BCUT2D eigenvalue weighted by Gasteiger charge is 2.23. The van der Waals surface area contributed by atoms with Gasteiger partial charge < -0.3 is 10.1 Å². The molecule has 1 unspecified atom stereocenters. The molecule has 6 heteroatoms. The molecule has 1 amide bonds. The summed E-state index contributed by atoms with van der Waals surface area (Å²) in [6.45, 7) is 3.82. The number of carbonyl (C=O) groups excluding carboxylic acids is 1. The van der Waals surface area contributed by atoms with E-state index in [1.54, 1.807) is 6.07 Å². The lowest BCUT2D eigenvalue weighted by molar-refractivity contribution is -0.00119. The zero-order valence-corrected chi connectivity index (χ0v) is 13.8. The lowest BCUT2D eigenvalue weighted by Crippen LogP contribution is -2.25. The smallest absolute Gasteiger partial charge is 0.271 e. The number of ether oxygens (including phenoxy) is 1. The van der Waals surface area contributed by atoms with Crippen LogP contribution in [0.2, 0.25) is 5.02 Å². The first kappa shape index (κ1) is 16.0. The summed E-state index contributed by atoms with van der Waals surface area (Å²) in [6, 6.07) is 9.43. The molecule has 1 aromatic heterocycles. The topological polar surface area (TPSA) is 56.2 Å². The van der Waals surface area contributed by atoms with E-state index in [1.807, 2.05) is 28.9 Å². The molecule has 0 bridgehead atoms. The van der Waals surface area contributed by atoms with Crippen LogP contribution in [0, 0.1) is 0 Å². The average molecular weight is 334 g/mol. The molecule has 1 aliphatic rings. The summed E-state index contributed by atoms with van der Waals surface area (Å²) in [6.07, 6.45) is 1.95. The van der Waals surface area contributed by atoms with Crippen LogP contribution in [-0.4, -0.2) is 22.2 Å². The second-order valence-corrected chi connectivity index (χ2v) is 6.10. The van der Waals surface area contributed by atoms with Crippen molar-refractivity contribution in [1.29, 1.82) is 0 Å². The number of nitrogens with one attached hydrogen (secondary N) is 1. The summed E-state index contributed by atoms with van der Waals surface area (Å²) < 4.78 is 7.74. The Kier molecular flexibility index (Phi) is 4.98. The molecular weight excluding hydrogens is 314 g/mol. The molecule has 0 aliphatic carbocycles. The highest BCUT2D eigenvalue weighted by Crippen LogP contribution is 2.27. The molecule has 1 atom stereocenters. The van der Waals surface area contributed by atoms with Gasteiger partial charge in [-0.15, -0.1) is 0 Å². The van der Waals surface area contributed by atoms with Crippen LogP contribution in [0.5, 0.6) is 0 Å². The number of fused-ring (bicyclic) bond motifs is 1. The highest BCUT2D eigenvalue weighted by atomic mass is 35.5. The average Bonchev–Trinajstić information content (AvgIpc) is 2.99. The van der Waals surface area contributed by atoms with Gasteiger partial charge in [0, 0.05) is 11.6 Å². The fourth-order valence-electron chi connectivity index (χ4n) is 2.58. The normalized spacial score (nSPS) is 16.9. The second-order valence-electron chi connectivity index (χ2n) is 5.66. The second kappa shape index (κ2) is 7.15. The van der Waals surface area contributed by atoms with Crippen molar-refractivity contribution in [3.8, 4) is 0 Å². The molecule has 0 spiro atoms. The van der Waals surface area contributed by atoms with Gasteiger partial charge in [0.2, 0.25) is 0 Å². The number of rotatable bonds is 5. The fourth-order valence-corrected chi connectivity index (χ4v) is 2.71. The first-order valence-electron chi connectivity index (χ1n) is 7.89. The molecule has 2 heterocycles. The van der Waals surface area contributed by atoms with E-state index in [2.05, 4.69) is 17.3 Å². The third-order valence-corrected chi connectivity index (χ3v) is 4.18. The molecule has 0 saturated carbocycles. The molecule has 0 radical (unpaired) electrons. The van der Waals surface area contributed by atoms with Gasteiger partial charge in [-0.1, -0.05) is 37.1 Å². The number of benzene rings is 1. The Morgan fingerprint density at radius 2 is 2.22 bits per heavy atom. The van der Waals surface area contributed by atoms with Gasteiger partial charge in [0.05, 0.1) is 18.8 Å². The first-order chi connectivity index (χ1) is 11.2. The Balaban J connectivity index is 1.69. The standard InChI is InChI=1S/C17H20ClN3O2/c1-2-3-8-19-17(22)15-9-14-11-23-16(10-21(14)20-15)12-4-6-13(18)7-5-12/h4-7,9,16H,2-3,8,10-11H2,1H3,(H,19,22). The first-order valence-corrected chi connectivity index (χ1v) is 8.27. The summed E-state index contributed by atoms with van der Waals surface area (Å²) in [7, 11) is 0. The molecule has 1 N–H and O–H groups in total. The number of unbranched alkanes of at least 4 members (excludes halogenated alkanes) is 1. The van der Waals surface area contributed by atoms with Crippen molar-refractivity contribution in [2.75, 3.05) is 6.54 Å². The molecule has 0 saturated heterocycles. The van der Waals surface area contributed by atoms with Crippen molar-refractivity contribution < 1.29 is 9.53 Å². The summed E-state index contributed by atoms with van der Waals surface area (Å²) >= 11 is 5.92. The van der Waals surface area contributed by atoms with E-state index < -0.39 is 0 Å². The van der Waals surface area contributed by atoms with Crippen molar-refractivity contribution in [2.45, 2.75) is 39.0 Å². The number of aromatic nitrogens is 2. The van der Waals surface area contributed by atoms with Crippen LogP contribution < -0.4 is 5.32 Å². The van der Waals surface area contributed by atoms with Gasteiger partial charge in [0.1, 0.15) is 6.10 Å². The number of hydrogen-bond donors (Lipinski definition) is 1. The lowest BCUT2D eigenvalue weighted by atomic mass is 10.1. The van der Waals surface area contributed by atoms with Gasteiger partial charge >= 0.3 is 0 Å². The Morgan fingerprint density at radius 1 is 1.43 bits per heavy atom. The molecule has 0 fully saturated rings. The largest absolute Gasteiger partial charge is 0.365 e. The van der Waals surface area contributed by atoms with E-state index in [-0.39, 0.29) is 12.0 Å². The minimum atomic E-state index is -0.122. The van der Waals surface area contributed by atoms with Gasteiger partial charge in [0.15, 0.2) is 5.69 Å².